The molecule has 52 valence electrons. The van der Waals surface area contributed by atoms with Crippen LogP contribution in [0.4, 0.5) is 0 Å². The molecule has 0 aromatic rings. The van der Waals surface area contributed by atoms with Gasteiger partial charge in [0, 0.05) is 0 Å². The minimum Gasteiger partial charge on any atom is -0.663 e. The third-order valence-electron chi connectivity index (χ3n) is 1.75. The molecular formula is C6H12NOP. The lowest BCUT2D eigenvalue weighted by Crippen LogP contribution is -1.90. The van der Waals surface area contributed by atoms with E-state index in [0.29, 0.717) is 0 Å². The Morgan fingerprint density at radius 2 is 2.56 bits per heavy atom. The minimum atomic E-state index is -0.890. The summed E-state index contributed by atoms with van der Waals surface area (Å²) >= 11 is 0. The molecule has 0 N–H and O–H groups in total. The molecule has 0 aromatic carbocycles. The maximum absolute atomic E-state index is 10.1. The van der Waals surface area contributed by atoms with Crippen LogP contribution in [0.15, 0.2) is 4.76 Å². The van der Waals surface area contributed by atoms with Gasteiger partial charge in [-0.05, 0) is 25.2 Å². The van der Waals surface area contributed by atoms with E-state index in [1.807, 2.05) is 0 Å². The van der Waals surface area contributed by atoms with E-state index in [9.17, 15) is 4.89 Å². The first-order valence-electron chi connectivity index (χ1n) is 3.32. The Bertz CT molecular complexity index is 124. The van der Waals surface area contributed by atoms with Crippen LogP contribution in [0.3, 0.4) is 0 Å². The standard InChI is InChI=1S/C6H12NOP/c1-5-2-3-6(4-5)7-9-8/h5H,2-4,9H2,1H3. The summed E-state index contributed by atoms with van der Waals surface area (Å²) in [5.41, 5.74) is 1.17. The van der Waals surface area contributed by atoms with E-state index in [2.05, 4.69) is 11.7 Å². The van der Waals surface area contributed by atoms with Crippen LogP contribution >= 0.6 is 8.96 Å². The summed E-state index contributed by atoms with van der Waals surface area (Å²) in [6, 6.07) is 0. The lowest BCUT2D eigenvalue weighted by Gasteiger charge is -1.92. The molecule has 9 heavy (non-hydrogen) atoms. The molecule has 0 saturated heterocycles. The highest BCUT2D eigenvalue weighted by molar-refractivity contribution is 7.28. The first kappa shape index (κ1) is 7.17. The van der Waals surface area contributed by atoms with Crippen LogP contribution in [-0.4, -0.2) is 5.71 Å². The van der Waals surface area contributed by atoms with E-state index in [1.165, 1.54) is 12.1 Å². The molecule has 1 fully saturated rings. The average Bonchev–Trinajstić information content (AvgIpc) is 2.17. The molecular weight excluding hydrogens is 133 g/mol. The maximum atomic E-state index is 10.1. The van der Waals surface area contributed by atoms with Gasteiger partial charge in [-0.1, -0.05) is 6.92 Å². The minimum absolute atomic E-state index is 0.773. The molecule has 0 amide bonds. The summed E-state index contributed by atoms with van der Waals surface area (Å²) in [5.74, 6) is 0.773. The summed E-state index contributed by atoms with van der Waals surface area (Å²) in [6.45, 7) is 2.21. The van der Waals surface area contributed by atoms with Gasteiger partial charge in [0.15, 0.2) is 0 Å². The molecule has 0 radical (unpaired) electrons. The van der Waals surface area contributed by atoms with Gasteiger partial charge in [-0.2, -0.15) is 0 Å². The Hall–Kier alpha value is 0.0600. The van der Waals surface area contributed by atoms with Crippen molar-refractivity contribution in [1.29, 1.82) is 0 Å². The summed E-state index contributed by atoms with van der Waals surface area (Å²) < 4.78 is 3.92. The van der Waals surface area contributed by atoms with Crippen molar-refractivity contribution >= 4 is 14.7 Å². The quantitative estimate of drug-likeness (QED) is 0.504. The molecule has 1 saturated carbocycles. The maximum Gasteiger partial charge on any atom is 0.0570 e. The van der Waals surface area contributed by atoms with Gasteiger partial charge in [-0.15, -0.1) is 4.76 Å². The van der Waals surface area contributed by atoms with Gasteiger partial charge in [0.1, 0.15) is 0 Å². The van der Waals surface area contributed by atoms with Gasteiger partial charge in [0.05, 0.1) is 14.7 Å². The van der Waals surface area contributed by atoms with Crippen LogP contribution in [0.25, 0.3) is 0 Å². The monoisotopic (exact) mass is 145 g/mol. The molecule has 2 atom stereocenters. The number of nitrogens with zero attached hydrogens (tertiary/aromatic N) is 1. The average molecular weight is 145 g/mol. The van der Waals surface area contributed by atoms with Gasteiger partial charge in [0.2, 0.25) is 0 Å². The first-order valence-corrected chi connectivity index (χ1v) is 4.31. The molecule has 2 unspecified atom stereocenters. The second-order valence-corrected chi connectivity index (χ2v) is 3.12. The summed E-state index contributed by atoms with van der Waals surface area (Å²) in [5, 5.41) is 0. The van der Waals surface area contributed by atoms with Crippen molar-refractivity contribution in [2.24, 2.45) is 10.7 Å². The Morgan fingerprint density at radius 3 is 3.00 bits per heavy atom. The van der Waals surface area contributed by atoms with E-state index in [0.717, 1.165) is 18.8 Å². The van der Waals surface area contributed by atoms with Gasteiger partial charge in [-0.25, -0.2) is 0 Å². The van der Waals surface area contributed by atoms with E-state index in [1.54, 1.807) is 0 Å². The SMILES string of the molecule is CC1CCC(=N[PH2+][O-])C1. The first-order chi connectivity index (χ1) is 4.33. The van der Waals surface area contributed by atoms with E-state index in [-0.39, 0.29) is 0 Å². The second-order valence-electron chi connectivity index (χ2n) is 2.65. The van der Waals surface area contributed by atoms with Crippen LogP contribution in [0, 0.1) is 5.92 Å². The van der Waals surface area contributed by atoms with Gasteiger partial charge in [0.25, 0.3) is 0 Å². The van der Waals surface area contributed by atoms with Crippen molar-refractivity contribution < 1.29 is 4.89 Å². The molecule has 1 rings (SSSR count). The highest BCUT2D eigenvalue weighted by atomic mass is 31.1. The van der Waals surface area contributed by atoms with Gasteiger partial charge in [-0.3, -0.25) is 0 Å². The van der Waals surface area contributed by atoms with Crippen LogP contribution < -0.4 is 4.89 Å². The zero-order valence-electron chi connectivity index (χ0n) is 5.63. The van der Waals surface area contributed by atoms with Crippen molar-refractivity contribution in [2.45, 2.75) is 26.2 Å². The van der Waals surface area contributed by atoms with Crippen molar-refractivity contribution in [2.75, 3.05) is 0 Å². The Labute approximate surface area is 57.3 Å². The molecule has 0 spiro atoms. The van der Waals surface area contributed by atoms with Crippen LogP contribution in [0.5, 0.6) is 0 Å². The summed E-state index contributed by atoms with van der Waals surface area (Å²) in [7, 11) is -0.890. The number of rotatable bonds is 1. The topological polar surface area (TPSA) is 35.4 Å². The Balaban J connectivity index is 2.38. The smallest absolute Gasteiger partial charge is 0.0570 e. The summed E-state index contributed by atoms with van der Waals surface area (Å²) in [6.07, 6.45) is 3.39. The molecule has 0 bridgehead atoms. The number of hydrogen-bond donors (Lipinski definition) is 0. The lowest BCUT2D eigenvalue weighted by molar-refractivity contribution is -0.150. The highest BCUT2D eigenvalue weighted by Crippen LogP contribution is 2.23. The predicted molar refractivity (Wildman–Crippen MR) is 40.2 cm³/mol. The van der Waals surface area contributed by atoms with Crippen molar-refractivity contribution in [1.82, 2.24) is 0 Å². The molecule has 2 nitrogen and oxygen atoms in total. The van der Waals surface area contributed by atoms with E-state index < -0.39 is 8.96 Å². The summed E-state index contributed by atoms with van der Waals surface area (Å²) in [4.78, 5) is 10.1. The van der Waals surface area contributed by atoms with Gasteiger partial charge >= 0.3 is 0 Å². The Kier molecular flexibility index (Phi) is 2.62. The number of hydrogen-bond acceptors (Lipinski definition) is 2. The molecule has 1 aliphatic carbocycles. The fraction of sp³-hybridized carbons (Fsp3) is 0.833. The van der Waals surface area contributed by atoms with Crippen LogP contribution in [-0.2, 0) is 0 Å². The fourth-order valence-electron chi connectivity index (χ4n) is 1.21. The molecule has 0 aliphatic heterocycles. The predicted octanol–water partition coefficient (Wildman–Crippen LogP) is 0.848. The normalized spacial score (nSPS) is 33.1. The fourth-order valence-corrected chi connectivity index (χ4v) is 1.59. The lowest BCUT2D eigenvalue weighted by atomic mass is 10.1. The van der Waals surface area contributed by atoms with E-state index in [4.69, 9.17) is 0 Å². The van der Waals surface area contributed by atoms with E-state index >= 15 is 0 Å². The largest absolute Gasteiger partial charge is 0.663 e. The van der Waals surface area contributed by atoms with Crippen LogP contribution in [0.1, 0.15) is 26.2 Å². The molecule has 0 heterocycles. The molecule has 3 heteroatoms. The van der Waals surface area contributed by atoms with Gasteiger partial charge < -0.3 is 4.89 Å². The molecule has 1 aliphatic rings. The zero-order valence-corrected chi connectivity index (χ0v) is 6.79. The molecule has 0 aromatic heterocycles. The van der Waals surface area contributed by atoms with Crippen LogP contribution in [0.2, 0.25) is 0 Å². The van der Waals surface area contributed by atoms with Crippen molar-refractivity contribution in [3.63, 3.8) is 0 Å². The highest BCUT2D eigenvalue weighted by Gasteiger charge is 2.16. The van der Waals surface area contributed by atoms with Crippen molar-refractivity contribution in [3.05, 3.63) is 0 Å². The zero-order chi connectivity index (χ0) is 6.69. The second kappa shape index (κ2) is 3.28. The van der Waals surface area contributed by atoms with Crippen molar-refractivity contribution in [3.8, 4) is 0 Å². The Morgan fingerprint density at radius 1 is 1.78 bits per heavy atom. The third-order valence-corrected chi connectivity index (χ3v) is 2.22. The third kappa shape index (κ3) is 2.04.